The van der Waals surface area contributed by atoms with Crippen LogP contribution in [0.25, 0.3) is 10.9 Å². The maximum absolute atomic E-state index is 13.7. The summed E-state index contributed by atoms with van der Waals surface area (Å²) in [4.78, 5) is 25.9. The zero-order chi connectivity index (χ0) is 27.2. The zero-order valence-electron chi connectivity index (χ0n) is 22.4. The van der Waals surface area contributed by atoms with E-state index in [2.05, 4.69) is 24.3 Å². The third-order valence-electron chi connectivity index (χ3n) is 7.63. The van der Waals surface area contributed by atoms with Gasteiger partial charge >= 0.3 is 5.97 Å². The maximum atomic E-state index is 13.7. The summed E-state index contributed by atoms with van der Waals surface area (Å²) in [5.74, 6) is -0.575. The van der Waals surface area contributed by atoms with Crippen molar-refractivity contribution in [1.82, 2.24) is 4.57 Å². The van der Waals surface area contributed by atoms with Gasteiger partial charge in [-0.1, -0.05) is 61.4 Å². The van der Waals surface area contributed by atoms with Gasteiger partial charge in [-0.3, -0.25) is 14.2 Å². The van der Waals surface area contributed by atoms with Gasteiger partial charge in [-0.05, 0) is 67.9 Å². The molecule has 4 aromatic rings. The van der Waals surface area contributed by atoms with Gasteiger partial charge in [0.1, 0.15) is 0 Å². The second-order valence-electron chi connectivity index (χ2n) is 10.2. The largest absolute Gasteiger partial charge is 0.493 e. The fraction of sp³-hybridized carbons (Fsp3) is 0.333. The lowest BCUT2D eigenvalue weighted by molar-refractivity contribution is -0.139. The topological polar surface area (TPSA) is 77.8 Å². The number of nitrogens with zero attached hydrogens (tertiary/aromatic N) is 1. The summed E-state index contributed by atoms with van der Waals surface area (Å²) < 4.78 is 13.5. The molecule has 0 radical (unpaired) electrons. The minimum absolute atomic E-state index is 0.167. The summed E-state index contributed by atoms with van der Waals surface area (Å²) in [5, 5.41) is 10.8. The van der Waals surface area contributed by atoms with E-state index in [1.165, 1.54) is 5.56 Å². The fourth-order valence-electron chi connectivity index (χ4n) is 5.70. The quantitative estimate of drug-likeness (QED) is 0.213. The van der Waals surface area contributed by atoms with Crippen LogP contribution in [-0.4, -0.2) is 35.3 Å². The SMILES string of the molecule is COc1cc2c(cc1OCCCCCCc1ccccc1)c1c(n2C(=O)c2ccccc2)CCCC1C(=O)O. The summed E-state index contributed by atoms with van der Waals surface area (Å²) in [6, 6.07) is 23.3. The highest BCUT2D eigenvalue weighted by molar-refractivity contribution is 6.06. The summed E-state index contributed by atoms with van der Waals surface area (Å²) in [6.07, 6.45) is 7.25. The smallest absolute Gasteiger partial charge is 0.311 e. The summed E-state index contributed by atoms with van der Waals surface area (Å²) >= 11 is 0. The molecule has 202 valence electrons. The van der Waals surface area contributed by atoms with Gasteiger partial charge in [0.15, 0.2) is 11.5 Å². The van der Waals surface area contributed by atoms with E-state index in [1.807, 2.05) is 36.4 Å². The number of benzene rings is 3. The number of hydrogen-bond donors (Lipinski definition) is 1. The number of carbonyl (C=O) groups excluding carboxylic acids is 1. The number of fused-ring (bicyclic) bond motifs is 3. The molecule has 39 heavy (non-hydrogen) atoms. The third-order valence-corrected chi connectivity index (χ3v) is 7.63. The van der Waals surface area contributed by atoms with Crippen LogP contribution in [0.1, 0.15) is 71.6 Å². The first-order valence-corrected chi connectivity index (χ1v) is 13.8. The van der Waals surface area contributed by atoms with E-state index in [0.29, 0.717) is 48.4 Å². The van der Waals surface area contributed by atoms with Crippen LogP contribution in [0, 0.1) is 0 Å². The first-order chi connectivity index (χ1) is 19.1. The van der Waals surface area contributed by atoms with E-state index >= 15 is 0 Å². The van der Waals surface area contributed by atoms with Crippen molar-refractivity contribution in [2.45, 2.75) is 57.3 Å². The highest BCUT2D eigenvalue weighted by Crippen LogP contribution is 2.43. The molecule has 1 heterocycles. The lowest BCUT2D eigenvalue weighted by Crippen LogP contribution is -2.21. The van der Waals surface area contributed by atoms with Gasteiger partial charge < -0.3 is 14.6 Å². The molecule has 6 nitrogen and oxygen atoms in total. The second-order valence-corrected chi connectivity index (χ2v) is 10.2. The van der Waals surface area contributed by atoms with E-state index in [9.17, 15) is 14.7 Å². The number of aryl methyl sites for hydroxylation is 1. The molecule has 1 N–H and O–H groups in total. The van der Waals surface area contributed by atoms with Crippen LogP contribution in [0.5, 0.6) is 11.5 Å². The van der Waals surface area contributed by atoms with Crippen LogP contribution in [0.3, 0.4) is 0 Å². The minimum atomic E-state index is -0.865. The Balaban J connectivity index is 1.38. The Kier molecular flexibility index (Phi) is 8.30. The predicted octanol–water partition coefficient (Wildman–Crippen LogP) is 7.02. The molecular formula is C33H35NO5. The Morgan fingerprint density at radius 1 is 0.923 bits per heavy atom. The van der Waals surface area contributed by atoms with Crippen molar-refractivity contribution < 1.29 is 24.2 Å². The Morgan fingerprint density at radius 2 is 1.64 bits per heavy atom. The molecule has 1 atom stereocenters. The van der Waals surface area contributed by atoms with Crippen LogP contribution < -0.4 is 9.47 Å². The lowest BCUT2D eigenvalue weighted by atomic mass is 9.85. The molecule has 0 fully saturated rings. The van der Waals surface area contributed by atoms with E-state index in [1.54, 1.807) is 23.8 Å². The maximum Gasteiger partial charge on any atom is 0.311 e. The van der Waals surface area contributed by atoms with Crippen LogP contribution in [0.2, 0.25) is 0 Å². The fourth-order valence-corrected chi connectivity index (χ4v) is 5.70. The molecule has 1 unspecified atom stereocenters. The van der Waals surface area contributed by atoms with Gasteiger partial charge in [0.2, 0.25) is 0 Å². The number of aromatic nitrogens is 1. The van der Waals surface area contributed by atoms with Gasteiger partial charge in [0.25, 0.3) is 5.91 Å². The monoisotopic (exact) mass is 525 g/mol. The average Bonchev–Trinajstić information content (AvgIpc) is 3.30. The van der Waals surface area contributed by atoms with Gasteiger partial charge in [0, 0.05) is 22.7 Å². The third kappa shape index (κ3) is 5.70. The highest BCUT2D eigenvalue weighted by Gasteiger charge is 2.34. The van der Waals surface area contributed by atoms with Crippen molar-refractivity contribution in [2.75, 3.05) is 13.7 Å². The number of hydrogen-bond acceptors (Lipinski definition) is 4. The normalized spacial score (nSPS) is 14.6. The number of unbranched alkanes of at least 4 members (excludes halogenated alkanes) is 3. The van der Waals surface area contributed by atoms with Crippen molar-refractivity contribution >= 4 is 22.8 Å². The van der Waals surface area contributed by atoms with Gasteiger partial charge in [0.05, 0.1) is 25.2 Å². The van der Waals surface area contributed by atoms with E-state index in [-0.39, 0.29) is 5.91 Å². The number of carbonyl (C=O) groups is 2. The van der Waals surface area contributed by atoms with Crippen molar-refractivity contribution in [1.29, 1.82) is 0 Å². The zero-order valence-corrected chi connectivity index (χ0v) is 22.4. The van der Waals surface area contributed by atoms with Crippen LogP contribution in [0.4, 0.5) is 0 Å². The molecule has 6 heteroatoms. The number of methoxy groups -OCH3 is 1. The van der Waals surface area contributed by atoms with Crippen molar-refractivity contribution in [3.05, 3.63) is 95.2 Å². The molecule has 1 aromatic heterocycles. The minimum Gasteiger partial charge on any atom is -0.493 e. The Labute approximate surface area is 229 Å². The summed E-state index contributed by atoms with van der Waals surface area (Å²) in [7, 11) is 1.59. The molecule has 5 rings (SSSR count). The molecule has 1 aliphatic rings. The molecule has 0 spiro atoms. The van der Waals surface area contributed by atoms with Crippen molar-refractivity contribution in [3.63, 3.8) is 0 Å². The van der Waals surface area contributed by atoms with Gasteiger partial charge in [-0.2, -0.15) is 0 Å². The number of rotatable bonds is 11. The van der Waals surface area contributed by atoms with Crippen molar-refractivity contribution in [3.8, 4) is 11.5 Å². The number of aliphatic carboxylic acids is 1. The molecule has 1 aliphatic carbocycles. The predicted molar refractivity (Wildman–Crippen MR) is 152 cm³/mol. The van der Waals surface area contributed by atoms with E-state index in [0.717, 1.165) is 48.7 Å². The summed E-state index contributed by atoms with van der Waals surface area (Å²) in [5.41, 5.74) is 4.08. The van der Waals surface area contributed by atoms with E-state index < -0.39 is 11.9 Å². The molecular weight excluding hydrogens is 490 g/mol. The number of carboxylic acid groups (broad SMARTS) is 1. The highest BCUT2D eigenvalue weighted by atomic mass is 16.5. The van der Waals surface area contributed by atoms with E-state index in [4.69, 9.17) is 9.47 Å². The summed E-state index contributed by atoms with van der Waals surface area (Å²) in [6.45, 7) is 0.543. The Bertz CT molecular complexity index is 1440. The lowest BCUT2D eigenvalue weighted by Gasteiger charge is -2.21. The molecule has 0 amide bonds. The first kappa shape index (κ1) is 26.5. The first-order valence-electron chi connectivity index (χ1n) is 13.8. The Morgan fingerprint density at radius 3 is 2.36 bits per heavy atom. The van der Waals surface area contributed by atoms with Crippen LogP contribution in [0.15, 0.2) is 72.8 Å². The Hall–Kier alpha value is -4.06. The molecule has 0 saturated heterocycles. The van der Waals surface area contributed by atoms with Crippen molar-refractivity contribution in [2.24, 2.45) is 0 Å². The molecule has 0 saturated carbocycles. The van der Waals surface area contributed by atoms with Gasteiger partial charge in [-0.25, -0.2) is 0 Å². The number of carboxylic acids is 1. The average molecular weight is 526 g/mol. The standard InChI is InChI=1S/C33H35NO5/c1-38-29-22-28-26(21-30(29)39-20-11-3-2-6-13-23-14-7-4-8-15-23)31-25(33(36)37)18-12-19-27(31)34(28)32(35)24-16-9-5-10-17-24/h4-5,7-10,14-17,21-22,25H,2-3,6,11-13,18-20H2,1H3,(H,36,37). The molecule has 3 aromatic carbocycles. The second kappa shape index (κ2) is 12.2. The molecule has 0 bridgehead atoms. The van der Waals surface area contributed by atoms with Crippen LogP contribution >= 0.6 is 0 Å². The van der Waals surface area contributed by atoms with Crippen LogP contribution in [-0.2, 0) is 17.6 Å². The molecule has 0 aliphatic heterocycles. The van der Waals surface area contributed by atoms with Gasteiger partial charge in [-0.15, -0.1) is 0 Å². The number of ether oxygens (including phenoxy) is 2.